The predicted molar refractivity (Wildman–Crippen MR) is 87.0 cm³/mol. The van der Waals surface area contributed by atoms with Gasteiger partial charge in [-0.2, -0.15) is 5.10 Å². The van der Waals surface area contributed by atoms with Crippen LogP contribution in [-0.2, 0) is 6.54 Å². The quantitative estimate of drug-likeness (QED) is 0.861. The van der Waals surface area contributed by atoms with Crippen molar-refractivity contribution in [2.24, 2.45) is 0 Å². The summed E-state index contributed by atoms with van der Waals surface area (Å²) >= 11 is 5.95. The van der Waals surface area contributed by atoms with Gasteiger partial charge >= 0.3 is 0 Å². The van der Waals surface area contributed by atoms with E-state index in [0.29, 0.717) is 17.3 Å². The average Bonchev–Trinajstić information content (AvgIpc) is 2.45. The van der Waals surface area contributed by atoms with Crippen LogP contribution in [0.2, 0.25) is 5.02 Å². The molecule has 0 aliphatic rings. The van der Waals surface area contributed by atoms with Crippen LogP contribution in [0.1, 0.15) is 18.9 Å². The zero-order chi connectivity index (χ0) is 15.4. The van der Waals surface area contributed by atoms with Crippen LogP contribution in [0.15, 0.2) is 35.3 Å². The lowest BCUT2D eigenvalue weighted by Gasteiger charge is -2.18. The van der Waals surface area contributed by atoms with E-state index in [4.69, 9.17) is 17.3 Å². The fourth-order valence-corrected chi connectivity index (χ4v) is 2.28. The summed E-state index contributed by atoms with van der Waals surface area (Å²) in [7, 11) is 1.94. The molecule has 0 bridgehead atoms. The van der Waals surface area contributed by atoms with Crippen LogP contribution in [0.3, 0.4) is 0 Å². The first-order chi connectivity index (χ1) is 10.0. The van der Waals surface area contributed by atoms with Crippen LogP contribution in [0.4, 0.5) is 11.4 Å². The molecular formula is C15H19ClN4O. The first-order valence-corrected chi connectivity index (χ1v) is 7.21. The molecule has 0 spiro atoms. The lowest BCUT2D eigenvalue weighted by Crippen LogP contribution is -2.26. The van der Waals surface area contributed by atoms with Gasteiger partial charge in [-0.05, 0) is 30.2 Å². The fraction of sp³-hybridized carbons (Fsp3) is 0.333. The molecule has 2 N–H and O–H groups in total. The smallest absolute Gasteiger partial charge is 0.269 e. The van der Waals surface area contributed by atoms with Crippen LogP contribution in [0.5, 0.6) is 0 Å². The molecule has 0 amide bonds. The lowest BCUT2D eigenvalue weighted by atomic mass is 10.2. The van der Waals surface area contributed by atoms with Gasteiger partial charge in [-0.3, -0.25) is 4.79 Å². The van der Waals surface area contributed by atoms with Crippen molar-refractivity contribution in [3.63, 3.8) is 0 Å². The van der Waals surface area contributed by atoms with Crippen molar-refractivity contribution in [1.82, 2.24) is 9.78 Å². The molecule has 6 heteroatoms. The second-order valence-corrected chi connectivity index (χ2v) is 5.41. The lowest BCUT2D eigenvalue weighted by molar-refractivity contribution is 0.638. The molecule has 2 rings (SSSR count). The molecule has 1 aromatic heterocycles. The molecule has 0 radical (unpaired) electrons. The molecule has 0 aliphatic carbocycles. The number of hydrogen-bond donors (Lipinski definition) is 1. The monoisotopic (exact) mass is 306 g/mol. The van der Waals surface area contributed by atoms with Gasteiger partial charge in [-0.1, -0.05) is 18.5 Å². The molecule has 0 saturated heterocycles. The number of halogens is 1. The minimum Gasteiger partial charge on any atom is -0.398 e. The zero-order valence-electron chi connectivity index (χ0n) is 12.2. The van der Waals surface area contributed by atoms with Crippen molar-refractivity contribution in [3.05, 3.63) is 51.4 Å². The van der Waals surface area contributed by atoms with E-state index < -0.39 is 0 Å². The molecule has 0 fully saturated rings. The van der Waals surface area contributed by atoms with Gasteiger partial charge in [0.05, 0.1) is 18.4 Å². The molecule has 0 aliphatic heterocycles. The summed E-state index contributed by atoms with van der Waals surface area (Å²) in [5, 5.41) is 4.80. The summed E-state index contributed by atoms with van der Waals surface area (Å²) in [6.07, 6.45) is 2.70. The summed E-state index contributed by atoms with van der Waals surface area (Å²) in [4.78, 5) is 14.2. The average molecular weight is 307 g/mol. The Hall–Kier alpha value is -2.01. The third-order valence-electron chi connectivity index (χ3n) is 3.28. The number of benzene rings is 1. The number of nitrogens with zero attached hydrogens (tertiary/aromatic N) is 3. The van der Waals surface area contributed by atoms with Crippen LogP contribution in [0, 0.1) is 0 Å². The predicted octanol–water partition coefficient (Wildman–Crippen LogP) is 2.37. The van der Waals surface area contributed by atoms with Gasteiger partial charge in [0, 0.05) is 30.4 Å². The maximum absolute atomic E-state index is 12.1. The molecular weight excluding hydrogens is 288 g/mol. The van der Waals surface area contributed by atoms with E-state index in [-0.39, 0.29) is 5.56 Å². The number of nitrogen functional groups attached to an aromatic ring is 1. The summed E-state index contributed by atoms with van der Waals surface area (Å²) < 4.78 is 1.38. The van der Waals surface area contributed by atoms with Gasteiger partial charge in [0.25, 0.3) is 5.56 Å². The van der Waals surface area contributed by atoms with Gasteiger partial charge in [0.2, 0.25) is 0 Å². The number of nitrogens with two attached hydrogens (primary N) is 1. The SMILES string of the molecule is CCCN(C)c1cnn(Cc2cc(Cl)ccc2N)c(=O)c1. The van der Waals surface area contributed by atoms with Crippen molar-refractivity contribution in [2.75, 3.05) is 24.2 Å². The van der Waals surface area contributed by atoms with Crippen LogP contribution in [-0.4, -0.2) is 23.4 Å². The standard InChI is InChI=1S/C15H19ClN4O/c1-3-6-19(2)13-8-15(21)20(18-9-13)10-11-7-12(16)4-5-14(11)17/h4-5,7-9H,3,6,10,17H2,1-2H3. The first kappa shape index (κ1) is 15.4. The highest BCUT2D eigenvalue weighted by atomic mass is 35.5. The largest absolute Gasteiger partial charge is 0.398 e. The van der Waals surface area contributed by atoms with Gasteiger partial charge in [-0.25, -0.2) is 4.68 Å². The Balaban J connectivity index is 2.25. The highest BCUT2D eigenvalue weighted by Gasteiger charge is 2.07. The number of hydrogen-bond acceptors (Lipinski definition) is 4. The van der Waals surface area contributed by atoms with E-state index in [1.807, 2.05) is 11.9 Å². The Kier molecular flexibility index (Phi) is 4.85. The van der Waals surface area contributed by atoms with E-state index in [0.717, 1.165) is 24.2 Å². The van der Waals surface area contributed by atoms with Crippen molar-refractivity contribution >= 4 is 23.0 Å². The molecule has 1 aromatic carbocycles. The molecule has 5 nitrogen and oxygen atoms in total. The summed E-state index contributed by atoms with van der Waals surface area (Å²) in [5.41, 5.74) is 7.94. The second-order valence-electron chi connectivity index (χ2n) is 4.97. The third kappa shape index (κ3) is 3.76. The van der Waals surface area contributed by atoms with Crippen molar-refractivity contribution < 1.29 is 0 Å². The summed E-state index contributed by atoms with van der Waals surface area (Å²) in [5.74, 6) is 0. The minimum absolute atomic E-state index is 0.158. The van der Waals surface area contributed by atoms with Gasteiger partial charge in [0.1, 0.15) is 0 Å². The van der Waals surface area contributed by atoms with Crippen LogP contribution < -0.4 is 16.2 Å². The van der Waals surface area contributed by atoms with Gasteiger partial charge in [0.15, 0.2) is 0 Å². The third-order valence-corrected chi connectivity index (χ3v) is 3.52. The van der Waals surface area contributed by atoms with Crippen molar-refractivity contribution in [2.45, 2.75) is 19.9 Å². The fourth-order valence-electron chi connectivity index (χ4n) is 2.09. The maximum atomic E-state index is 12.1. The normalized spacial score (nSPS) is 10.6. The van der Waals surface area contributed by atoms with E-state index >= 15 is 0 Å². The maximum Gasteiger partial charge on any atom is 0.269 e. The highest BCUT2D eigenvalue weighted by molar-refractivity contribution is 6.30. The molecule has 1 heterocycles. The molecule has 0 saturated carbocycles. The van der Waals surface area contributed by atoms with E-state index in [1.165, 1.54) is 4.68 Å². The summed E-state index contributed by atoms with van der Waals surface area (Å²) in [6, 6.07) is 6.79. The highest BCUT2D eigenvalue weighted by Crippen LogP contribution is 2.18. The molecule has 0 unspecified atom stereocenters. The van der Waals surface area contributed by atoms with E-state index in [2.05, 4.69) is 12.0 Å². The Bertz CT molecular complexity index is 684. The van der Waals surface area contributed by atoms with Gasteiger partial charge in [-0.15, -0.1) is 0 Å². The molecule has 2 aromatic rings. The van der Waals surface area contributed by atoms with Crippen LogP contribution >= 0.6 is 11.6 Å². The van der Waals surface area contributed by atoms with E-state index in [9.17, 15) is 4.79 Å². The summed E-state index contributed by atoms with van der Waals surface area (Å²) in [6.45, 7) is 3.28. The first-order valence-electron chi connectivity index (χ1n) is 6.83. The minimum atomic E-state index is -0.158. The van der Waals surface area contributed by atoms with Crippen LogP contribution in [0.25, 0.3) is 0 Å². The topological polar surface area (TPSA) is 64.2 Å². The Morgan fingerprint density at radius 2 is 2.14 bits per heavy atom. The number of aromatic nitrogens is 2. The Labute approximate surface area is 128 Å². The van der Waals surface area contributed by atoms with Crippen molar-refractivity contribution in [3.8, 4) is 0 Å². The molecule has 21 heavy (non-hydrogen) atoms. The Morgan fingerprint density at radius 1 is 1.38 bits per heavy atom. The van der Waals surface area contributed by atoms with Gasteiger partial charge < -0.3 is 10.6 Å². The molecule has 112 valence electrons. The van der Waals surface area contributed by atoms with E-state index in [1.54, 1.807) is 30.5 Å². The molecule has 0 atom stereocenters. The Morgan fingerprint density at radius 3 is 2.81 bits per heavy atom. The number of anilines is 2. The number of rotatable bonds is 5. The second kappa shape index (κ2) is 6.63. The van der Waals surface area contributed by atoms with Crippen molar-refractivity contribution in [1.29, 1.82) is 0 Å². The zero-order valence-corrected chi connectivity index (χ0v) is 13.0.